The van der Waals surface area contributed by atoms with Gasteiger partial charge < -0.3 is 11.1 Å². The van der Waals surface area contributed by atoms with Gasteiger partial charge in [0.05, 0.1) is 16.7 Å². The SMILES string of the molecule is CCNc1ncc([N+](=O)[O-])c(-n2cc(C(N)=O)cn2)n1. The van der Waals surface area contributed by atoms with Gasteiger partial charge in [-0.05, 0) is 6.92 Å². The third-order valence-corrected chi connectivity index (χ3v) is 2.37. The van der Waals surface area contributed by atoms with Crippen molar-refractivity contribution in [3.05, 3.63) is 34.3 Å². The molecule has 10 nitrogen and oxygen atoms in total. The first-order chi connectivity index (χ1) is 9.52. The van der Waals surface area contributed by atoms with Gasteiger partial charge in [0.15, 0.2) is 0 Å². The number of rotatable bonds is 5. The first kappa shape index (κ1) is 13.4. The molecular formula is C10H11N7O3. The van der Waals surface area contributed by atoms with Gasteiger partial charge >= 0.3 is 5.69 Å². The summed E-state index contributed by atoms with van der Waals surface area (Å²) < 4.78 is 1.11. The standard InChI is InChI=1S/C10H11N7O3/c1-2-12-10-13-4-7(17(19)20)9(15-10)16-5-6(3-14-16)8(11)18/h3-5H,2H2,1H3,(H2,11,18)(H,12,13,15). The van der Waals surface area contributed by atoms with Crippen molar-refractivity contribution in [2.75, 3.05) is 11.9 Å². The number of hydrogen-bond donors (Lipinski definition) is 2. The molecule has 0 fully saturated rings. The first-order valence-electron chi connectivity index (χ1n) is 5.63. The lowest BCUT2D eigenvalue weighted by atomic mass is 10.3. The van der Waals surface area contributed by atoms with E-state index in [0.29, 0.717) is 6.54 Å². The number of nitrogens with two attached hydrogens (primary N) is 1. The fourth-order valence-corrected chi connectivity index (χ4v) is 1.47. The van der Waals surface area contributed by atoms with Crippen LogP contribution in [0.1, 0.15) is 17.3 Å². The first-order valence-corrected chi connectivity index (χ1v) is 5.63. The van der Waals surface area contributed by atoms with Crippen molar-refractivity contribution in [1.82, 2.24) is 19.7 Å². The van der Waals surface area contributed by atoms with Gasteiger partial charge in [0, 0.05) is 12.7 Å². The van der Waals surface area contributed by atoms with Gasteiger partial charge in [-0.25, -0.2) is 9.67 Å². The van der Waals surface area contributed by atoms with Crippen LogP contribution in [0.2, 0.25) is 0 Å². The van der Waals surface area contributed by atoms with Crippen molar-refractivity contribution < 1.29 is 9.72 Å². The van der Waals surface area contributed by atoms with Gasteiger partial charge in [-0.3, -0.25) is 14.9 Å². The molecular weight excluding hydrogens is 266 g/mol. The van der Waals surface area contributed by atoms with E-state index in [4.69, 9.17) is 5.73 Å². The number of carbonyl (C=O) groups excluding carboxylic acids is 1. The van der Waals surface area contributed by atoms with Crippen LogP contribution < -0.4 is 11.1 Å². The van der Waals surface area contributed by atoms with E-state index in [1.807, 2.05) is 6.92 Å². The minimum absolute atomic E-state index is 0.0477. The van der Waals surface area contributed by atoms with Gasteiger partial charge in [0.25, 0.3) is 5.91 Å². The molecule has 2 rings (SSSR count). The monoisotopic (exact) mass is 277 g/mol. The molecule has 3 N–H and O–H groups in total. The van der Waals surface area contributed by atoms with Gasteiger partial charge in [0.2, 0.25) is 11.8 Å². The quantitative estimate of drug-likeness (QED) is 0.582. The average Bonchev–Trinajstić information content (AvgIpc) is 2.88. The summed E-state index contributed by atoms with van der Waals surface area (Å²) in [5, 5.41) is 17.7. The van der Waals surface area contributed by atoms with Crippen LogP contribution in [0.4, 0.5) is 11.6 Å². The Hall–Kier alpha value is -3.04. The number of nitrogens with one attached hydrogen (secondary N) is 1. The Labute approximate surface area is 112 Å². The van der Waals surface area contributed by atoms with E-state index in [-0.39, 0.29) is 23.0 Å². The molecule has 0 saturated carbocycles. The number of aromatic nitrogens is 4. The molecule has 2 aromatic rings. The molecule has 0 bridgehead atoms. The van der Waals surface area contributed by atoms with E-state index in [1.165, 1.54) is 12.4 Å². The van der Waals surface area contributed by atoms with Crippen LogP contribution in [-0.4, -0.2) is 37.1 Å². The second kappa shape index (κ2) is 5.30. The van der Waals surface area contributed by atoms with E-state index >= 15 is 0 Å². The number of amides is 1. The zero-order valence-corrected chi connectivity index (χ0v) is 10.5. The van der Waals surface area contributed by atoms with Crippen LogP contribution in [0.25, 0.3) is 5.82 Å². The minimum atomic E-state index is -0.681. The molecule has 0 aromatic carbocycles. The number of anilines is 1. The van der Waals surface area contributed by atoms with Gasteiger partial charge in [-0.1, -0.05) is 0 Å². The third-order valence-electron chi connectivity index (χ3n) is 2.37. The number of carbonyl (C=O) groups is 1. The minimum Gasteiger partial charge on any atom is -0.366 e. The molecule has 10 heteroatoms. The van der Waals surface area contributed by atoms with E-state index in [2.05, 4.69) is 20.4 Å². The Morgan fingerprint density at radius 2 is 2.30 bits per heavy atom. The molecule has 0 aliphatic heterocycles. The smallest absolute Gasteiger partial charge is 0.332 e. The van der Waals surface area contributed by atoms with Crippen molar-refractivity contribution in [3.8, 4) is 5.82 Å². The third kappa shape index (κ3) is 2.53. The van der Waals surface area contributed by atoms with Gasteiger partial charge in [-0.15, -0.1) is 0 Å². The summed E-state index contributed by atoms with van der Waals surface area (Å²) in [6.45, 7) is 2.40. The fraction of sp³-hybridized carbons (Fsp3) is 0.200. The lowest BCUT2D eigenvalue weighted by molar-refractivity contribution is -0.385. The summed E-state index contributed by atoms with van der Waals surface area (Å²) in [7, 11) is 0. The van der Waals surface area contributed by atoms with E-state index in [9.17, 15) is 14.9 Å². The summed E-state index contributed by atoms with van der Waals surface area (Å²) in [6.07, 6.45) is 3.56. The van der Waals surface area contributed by atoms with Crippen LogP contribution in [-0.2, 0) is 0 Å². The molecule has 0 atom stereocenters. The van der Waals surface area contributed by atoms with Crippen molar-refractivity contribution in [2.24, 2.45) is 5.73 Å². The number of hydrogen-bond acceptors (Lipinski definition) is 7. The number of nitrogens with zero attached hydrogens (tertiary/aromatic N) is 5. The predicted molar refractivity (Wildman–Crippen MR) is 68.5 cm³/mol. The molecule has 20 heavy (non-hydrogen) atoms. The highest BCUT2D eigenvalue weighted by Crippen LogP contribution is 2.20. The van der Waals surface area contributed by atoms with Crippen LogP contribution >= 0.6 is 0 Å². The molecule has 0 unspecified atom stereocenters. The van der Waals surface area contributed by atoms with E-state index in [1.54, 1.807) is 0 Å². The maximum atomic E-state index is 11.0. The normalized spacial score (nSPS) is 10.2. The zero-order chi connectivity index (χ0) is 14.7. The lowest BCUT2D eigenvalue weighted by Crippen LogP contribution is -2.10. The van der Waals surface area contributed by atoms with Crippen LogP contribution in [0.3, 0.4) is 0 Å². The lowest BCUT2D eigenvalue weighted by Gasteiger charge is -2.05. The van der Waals surface area contributed by atoms with Crippen molar-refractivity contribution in [3.63, 3.8) is 0 Å². The molecule has 0 radical (unpaired) electrons. The highest BCUT2D eigenvalue weighted by Gasteiger charge is 2.20. The van der Waals surface area contributed by atoms with Gasteiger partial charge in [-0.2, -0.15) is 10.1 Å². The Morgan fingerprint density at radius 1 is 1.55 bits per heavy atom. The average molecular weight is 277 g/mol. The summed E-state index contributed by atoms with van der Waals surface area (Å²) >= 11 is 0. The second-order valence-electron chi connectivity index (χ2n) is 3.73. The Morgan fingerprint density at radius 3 is 2.85 bits per heavy atom. The van der Waals surface area contributed by atoms with Crippen LogP contribution in [0.5, 0.6) is 0 Å². The molecule has 104 valence electrons. The topological polar surface area (TPSA) is 142 Å². The molecule has 2 heterocycles. The van der Waals surface area contributed by atoms with E-state index in [0.717, 1.165) is 10.9 Å². The summed E-state index contributed by atoms with van der Waals surface area (Å²) in [6, 6.07) is 0. The second-order valence-corrected chi connectivity index (χ2v) is 3.73. The van der Waals surface area contributed by atoms with Crippen molar-refractivity contribution in [1.29, 1.82) is 0 Å². The Balaban J connectivity index is 2.53. The summed E-state index contributed by atoms with van der Waals surface area (Å²) in [5.74, 6) is -0.502. The van der Waals surface area contributed by atoms with E-state index < -0.39 is 10.8 Å². The summed E-state index contributed by atoms with van der Waals surface area (Å²) in [4.78, 5) is 29.2. The Bertz CT molecular complexity index is 667. The maximum Gasteiger partial charge on any atom is 0.332 e. The molecule has 2 aromatic heterocycles. The maximum absolute atomic E-state index is 11.0. The molecule has 0 saturated heterocycles. The largest absolute Gasteiger partial charge is 0.366 e. The highest BCUT2D eigenvalue weighted by molar-refractivity contribution is 5.92. The highest BCUT2D eigenvalue weighted by atomic mass is 16.6. The molecule has 0 aliphatic carbocycles. The molecule has 1 amide bonds. The molecule has 0 aliphatic rings. The van der Waals surface area contributed by atoms with Crippen molar-refractivity contribution >= 4 is 17.5 Å². The Kier molecular flexibility index (Phi) is 3.55. The predicted octanol–water partition coefficient (Wildman–Crippen LogP) is 0.101. The van der Waals surface area contributed by atoms with Crippen LogP contribution in [0.15, 0.2) is 18.6 Å². The molecule has 0 spiro atoms. The van der Waals surface area contributed by atoms with Gasteiger partial charge in [0.1, 0.15) is 6.20 Å². The zero-order valence-electron chi connectivity index (χ0n) is 10.5. The summed E-state index contributed by atoms with van der Waals surface area (Å²) in [5.41, 5.74) is 4.91. The fourth-order valence-electron chi connectivity index (χ4n) is 1.47. The number of nitro groups is 1. The van der Waals surface area contributed by atoms with Crippen LogP contribution in [0, 0.1) is 10.1 Å². The number of primary amides is 1. The van der Waals surface area contributed by atoms with Crippen molar-refractivity contribution in [2.45, 2.75) is 6.92 Å².